The van der Waals surface area contributed by atoms with E-state index in [-0.39, 0.29) is 10.8 Å². The molecule has 2 rings (SSSR count). The molecule has 0 atom stereocenters. The number of aryl methyl sites for hydroxylation is 1. The third-order valence-electron chi connectivity index (χ3n) is 2.53. The van der Waals surface area contributed by atoms with Gasteiger partial charge in [-0.2, -0.15) is 0 Å². The van der Waals surface area contributed by atoms with Gasteiger partial charge < -0.3 is 10.4 Å². The third-order valence-corrected chi connectivity index (χ3v) is 4.55. The van der Waals surface area contributed by atoms with E-state index in [0.717, 1.165) is 20.5 Å². The Labute approximate surface area is 127 Å². The first-order valence-corrected chi connectivity index (χ1v) is 7.34. The molecule has 0 fully saturated rings. The van der Waals surface area contributed by atoms with E-state index < -0.39 is 5.97 Å². The number of carboxylic acids is 1. The highest BCUT2D eigenvalue weighted by molar-refractivity contribution is 14.1. The Morgan fingerprint density at radius 3 is 2.63 bits per heavy atom. The summed E-state index contributed by atoms with van der Waals surface area (Å²) >= 11 is 3.18. The van der Waals surface area contributed by atoms with Crippen LogP contribution in [-0.4, -0.2) is 17.0 Å². The second-order valence-electron chi connectivity index (χ2n) is 3.86. The van der Waals surface area contributed by atoms with Crippen LogP contribution >= 0.6 is 33.9 Å². The Bertz CT molecular complexity index is 651. The van der Waals surface area contributed by atoms with Crippen molar-refractivity contribution in [1.29, 1.82) is 0 Å². The molecule has 98 valence electrons. The van der Waals surface area contributed by atoms with Gasteiger partial charge in [0.05, 0.1) is 11.3 Å². The van der Waals surface area contributed by atoms with Gasteiger partial charge in [0.2, 0.25) is 0 Å². The average molecular weight is 387 g/mol. The summed E-state index contributed by atoms with van der Waals surface area (Å²) in [5, 5.41) is 13.5. The summed E-state index contributed by atoms with van der Waals surface area (Å²) in [6.07, 6.45) is 0. The van der Waals surface area contributed by atoms with Crippen LogP contribution in [0.2, 0.25) is 0 Å². The van der Waals surface area contributed by atoms with Gasteiger partial charge in [-0.05, 0) is 52.6 Å². The molecule has 1 heterocycles. The molecule has 0 saturated heterocycles. The summed E-state index contributed by atoms with van der Waals surface area (Å²) in [6.45, 7) is 1.77. The number of carboxylic acid groups (broad SMARTS) is 1. The van der Waals surface area contributed by atoms with Crippen molar-refractivity contribution in [2.45, 2.75) is 6.92 Å². The van der Waals surface area contributed by atoms with Crippen LogP contribution in [0.3, 0.4) is 0 Å². The van der Waals surface area contributed by atoms with Crippen LogP contribution in [0, 0.1) is 10.5 Å². The van der Waals surface area contributed by atoms with Gasteiger partial charge in [-0.25, -0.2) is 4.79 Å². The van der Waals surface area contributed by atoms with Gasteiger partial charge in [0.1, 0.15) is 4.88 Å². The van der Waals surface area contributed by atoms with E-state index in [9.17, 15) is 9.59 Å². The summed E-state index contributed by atoms with van der Waals surface area (Å²) in [5.74, 6) is -1.33. The molecule has 0 aliphatic rings. The Morgan fingerprint density at radius 2 is 2.00 bits per heavy atom. The lowest BCUT2D eigenvalue weighted by molar-refractivity contribution is 0.0703. The van der Waals surface area contributed by atoms with Gasteiger partial charge in [-0.1, -0.05) is 12.1 Å². The second kappa shape index (κ2) is 5.70. The maximum atomic E-state index is 12.2. The maximum Gasteiger partial charge on any atom is 0.348 e. The highest BCUT2D eigenvalue weighted by Gasteiger charge is 2.18. The maximum absolute atomic E-state index is 12.2. The number of hydrogen-bond donors (Lipinski definition) is 2. The highest BCUT2D eigenvalue weighted by atomic mass is 127. The van der Waals surface area contributed by atoms with Crippen LogP contribution in [0.4, 0.5) is 5.69 Å². The Morgan fingerprint density at radius 1 is 1.32 bits per heavy atom. The van der Waals surface area contributed by atoms with Crippen molar-refractivity contribution >= 4 is 51.5 Å². The molecule has 6 heteroatoms. The summed E-state index contributed by atoms with van der Waals surface area (Å²) in [7, 11) is 0. The van der Waals surface area contributed by atoms with Crippen LogP contribution in [0.5, 0.6) is 0 Å². The Kier molecular flexibility index (Phi) is 4.20. The van der Waals surface area contributed by atoms with Crippen molar-refractivity contribution in [1.82, 2.24) is 0 Å². The minimum Gasteiger partial charge on any atom is -0.477 e. The number of hydrogen-bond acceptors (Lipinski definition) is 3. The second-order valence-corrected chi connectivity index (χ2v) is 5.90. The number of carbonyl (C=O) groups excluding carboxylic acids is 1. The molecule has 0 unspecified atom stereocenters. The number of nitrogens with one attached hydrogen (secondary N) is 1. The van der Waals surface area contributed by atoms with Gasteiger partial charge in [-0.15, -0.1) is 11.3 Å². The smallest absolute Gasteiger partial charge is 0.348 e. The van der Waals surface area contributed by atoms with E-state index in [0.29, 0.717) is 11.3 Å². The van der Waals surface area contributed by atoms with E-state index in [1.807, 2.05) is 12.1 Å². The van der Waals surface area contributed by atoms with Crippen molar-refractivity contribution in [3.8, 4) is 0 Å². The van der Waals surface area contributed by atoms with Gasteiger partial charge in [0, 0.05) is 3.57 Å². The first kappa shape index (κ1) is 14.0. The summed E-state index contributed by atoms with van der Waals surface area (Å²) in [4.78, 5) is 23.4. The fourth-order valence-corrected chi connectivity index (χ4v) is 3.06. The van der Waals surface area contributed by atoms with E-state index in [4.69, 9.17) is 5.11 Å². The lowest BCUT2D eigenvalue weighted by Gasteiger charge is -2.07. The zero-order valence-corrected chi connectivity index (χ0v) is 12.9. The Hall–Kier alpha value is -1.41. The number of amides is 1. The standard InChI is InChI=1S/C13H10INO3S/c1-7-6-19-11(13(17)18)10(7)15-12(16)8-4-2-3-5-9(8)14/h2-6H,1H3,(H,15,16)(H,17,18). The first-order valence-electron chi connectivity index (χ1n) is 5.38. The number of halogens is 1. The molecule has 0 radical (unpaired) electrons. The van der Waals surface area contributed by atoms with Gasteiger partial charge in [-0.3, -0.25) is 4.79 Å². The summed E-state index contributed by atoms with van der Waals surface area (Å²) in [5.41, 5.74) is 1.66. The number of thiophene rings is 1. The van der Waals surface area contributed by atoms with Crippen LogP contribution < -0.4 is 5.32 Å². The van der Waals surface area contributed by atoms with Crippen molar-refractivity contribution in [3.05, 3.63) is 49.2 Å². The lowest BCUT2D eigenvalue weighted by Crippen LogP contribution is -2.15. The number of rotatable bonds is 3. The van der Waals surface area contributed by atoms with E-state index >= 15 is 0 Å². The molecular weight excluding hydrogens is 377 g/mol. The monoisotopic (exact) mass is 387 g/mol. The van der Waals surface area contributed by atoms with E-state index in [1.54, 1.807) is 24.4 Å². The van der Waals surface area contributed by atoms with Crippen LogP contribution in [0.25, 0.3) is 0 Å². The molecule has 0 bridgehead atoms. The molecule has 1 amide bonds. The summed E-state index contributed by atoms with van der Waals surface area (Å²) < 4.78 is 0.822. The first-order chi connectivity index (χ1) is 9.00. The largest absolute Gasteiger partial charge is 0.477 e. The topological polar surface area (TPSA) is 66.4 Å². The van der Waals surface area contributed by atoms with Gasteiger partial charge in [0.15, 0.2) is 0 Å². The fraction of sp³-hybridized carbons (Fsp3) is 0.0769. The van der Waals surface area contributed by atoms with Crippen molar-refractivity contribution in [3.63, 3.8) is 0 Å². The molecule has 4 nitrogen and oxygen atoms in total. The lowest BCUT2D eigenvalue weighted by atomic mass is 10.2. The van der Waals surface area contributed by atoms with Crippen LogP contribution in [0.1, 0.15) is 25.6 Å². The number of aromatic carboxylic acids is 1. The molecule has 0 spiro atoms. The zero-order valence-electron chi connectivity index (χ0n) is 9.94. The number of benzene rings is 1. The van der Waals surface area contributed by atoms with Crippen LogP contribution in [0.15, 0.2) is 29.6 Å². The highest BCUT2D eigenvalue weighted by Crippen LogP contribution is 2.28. The molecule has 1 aromatic heterocycles. The van der Waals surface area contributed by atoms with Crippen LogP contribution in [-0.2, 0) is 0 Å². The molecule has 2 aromatic rings. The molecule has 0 saturated carbocycles. The minimum absolute atomic E-state index is 0.150. The van der Waals surface area contributed by atoms with E-state index in [1.165, 1.54) is 0 Å². The quantitative estimate of drug-likeness (QED) is 0.791. The summed E-state index contributed by atoms with van der Waals surface area (Å²) in [6, 6.07) is 7.15. The molecule has 1 aromatic carbocycles. The van der Waals surface area contributed by atoms with Crippen molar-refractivity contribution in [2.75, 3.05) is 5.32 Å². The van der Waals surface area contributed by atoms with Crippen molar-refractivity contribution in [2.24, 2.45) is 0 Å². The average Bonchev–Trinajstić information content (AvgIpc) is 2.71. The van der Waals surface area contributed by atoms with Gasteiger partial charge in [0.25, 0.3) is 5.91 Å². The molecule has 0 aliphatic heterocycles. The van der Waals surface area contributed by atoms with Crippen molar-refractivity contribution < 1.29 is 14.7 Å². The number of anilines is 1. The predicted octanol–water partition coefficient (Wildman–Crippen LogP) is 3.61. The SMILES string of the molecule is Cc1csc(C(=O)O)c1NC(=O)c1ccccc1I. The Balaban J connectivity index is 2.32. The molecule has 2 N–H and O–H groups in total. The zero-order chi connectivity index (χ0) is 14.0. The molecular formula is C13H10INO3S. The number of carbonyl (C=O) groups is 2. The molecule has 19 heavy (non-hydrogen) atoms. The van der Waals surface area contributed by atoms with Gasteiger partial charge >= 0.3 is 5.97 Å². The van der Waals surface area contributed by atoms with E-state index in [2.05, 4.69) is 27.9 Å². The third kappa shape index (κ3) is 2.95. The fourth-order valence-electron chi connectivity index (χ4n) is 1.58. The minimum atomic E-state index is -1.03. The molecule has 0 aliphatic carbocycles. The normalized spacial score (nSPS) is 10.2. The predicted molar refractivity (Wildman–Crippen MR) is 83.1 cm³/mol.